The summed E-state index contributed by atoms with van der Waals surface area (Å²) in [6.45, 7) is 1.62. The molecule has 2 N–H and O–H groups in total. The molecule has 2 saturated heterocycles. The number of benzene rings is 1. The fraction of sp³-hybridized carbons (Fsp3) is 0.524. The van der Waals surface area contributed by atoms with Crippen molar-refractivity contribution in [3.8, 4) is 5.75 Å². The lowest BCUT2D eigenvalue weighted by molar-refractivity contribution is -0.126. The van der Waals surface area contributed by atoms with Gasteiger partial charge >= 0.3 is 0 Å². The van der Waals surface area contributed by atoms with Crippen LogP contribution in [-0.4, -0.2) is 55.2 Å². The Kier molecular flexibility index (Phi) is 3.53. The van der Waals surface area contributed by atoms with Crippen LogP contribution in [0.1, 0.15) is 25.3 Å². The van der Waals surface area contributed by atoms with Crippen LogP contribution in [-0.2, 0) is 19.7 Å². The summed E-state index contributed by atoms with van der Waals surface area (Å²) >= 11 is 0. The van der Waals surface area contributed by atoms with Crippen LogP contribution < -0.4 is 15.0 Å². The molecule has 1 aromatic carbocycles. The molecule has 2 bridgehead atoms. The molecule has 1 aromatic rings. The third-order valence-electron chi connectivity index (χ3n) is 7.24. The minimum Gasteiger partial charge on any atom is -0.498 e. The van der Waals surface area contributed by atoms with Gasteiger partial charge in [-0.1, -0.05) is 6.07 Å². The summed E-state index contributed by atoms with van der Waals surface area (Å²) in [5.41, 5.74) is 0.348. The number of carbonyl (C=O) groups is 2. The number of aliphatic hydroxyl groups is 1. The summed E-state index contributed by atoms with van der Waals surface area (Å²) in [5, 5.41) is 15.0. The number of anilines is 1. The first-order valence-corrected chi connectivity index (χ1v) is 9.60. The number of hydrogen-bond acceptors (Lipinski definition) is 6. The van der Waals surface area contributed by atoms with Crippen molar-refractivity contribution in [3.05, 3.63) is 35.6 Å². The van der Waals surface area contributed by atoms with Crippen LogP contribution in [0.5, 0.6) is 5.75 Å². The second-order valence-electron chi connectivity index (χ2n) is 8.41. The number of fused-ring (bicyclic) bond motifs is 7. The minimum absolute atomic E-state index is 0.0206. The van der Waals surface area contributed by atoms with Gasteiger partial charge in [0.2, 0.25) is 5.91 Å². The van der Waals surface area contributed by atoms with E-state index in [-0.39, 0.29) is 36.3 Å². The maximum atomic E-state index is 13.5. The van der Waals surface area contributed by atoms with Gasteiger partial charge in [0, 0.05) is 36.7 Å². The SMILES string of the molecule is COc1ccc2c(c1)N(C)C(=O)[C@@]21C[C@@H]2N[C@H]1C[C@H]1C(C(C)=O)=COC[C@@]21O. The van der Waals surface area contributed by atoms with E-state index in [2.05, 4.69) is 5.32 Å². The Morgan fingerprint density at radius 2 is 2.18 bits per heavy atom. The summed E-state index contributed by atoms with van der Waals surface area (Å²) in [7, 11) is 3.39. The molecular weight excluding hydrogens is 360 g/mol. The number of rotatable bonds is 2. The zero-order chi connectivity index (χ0) is 19.8. The van der Waals surface area contributed by atoms with Crippen LogP contribution in [0, 0.1) is 5.92 Å². The first-order valence-electron chi connectivity index (χ1n) is 9.60. The number of carbonyl (C=O) groups excluding carboxylic acids is 2. The number of methoxy groups -OCH3 is 1. The van der Waals surface area contributed by atoms with Gasteiger partial charge in [-0.2, -0.15) is 0 Å². The van der Waals surface area contributed by atoms with E-state index in [1.807, 2.05) is 18.2 Å². The van der Waals surface area contributed by atoms with Gasteiger partial charge in [0.25, 0.3) is 0 Å². The third-order valence-corrected chi connectivity index (χ3v) is 7.24. The molecule has 4 aliphatic heterocycles. The van der Waals surface area contributed by atoms with Gasteiger partial charge in [-0.3, -0.25) is 9.59 Å². The minimum atomic E-state index is -1.20. The van der Waals surface area contributed by atoms with E-state index in [1.165, 1.54) is 13.2 Å². The fourth-order valence-corrected chi connectivity index (χ4v) is 5.81. The quantitative estimate of drug-likeness (QED) is 0.788. The van der Waals surface area contributed by atoms with Gasteiger partial charge in [-0.05, 0) is 31.4 Å². The molecule has 7 heteroatoms. The Hall–Kier alpha value is -2.38. The maximum Gasteiger partial charge on any atom is 0.239 e. The topological polar surface area (TPSA) is 88.1 Å². The first-order chi connectivity index (χ1) is 13.3. The number of nitrogens with zero attached hydrogens (tertiary/aromatic N) is 1. The normalized spacial score (nSPS) is 38.0. The van der Waals surface area contributed by atoms with Gasteiger partial charge < -0.3 is 24.8 Å². The molecule has 1 spiro atoms. The number of Topliss-reactive ketones (excluding diaryl/α,β-unsaturated/α-hetero) is 1. The molecule has 4 aliphatic rings. The monoisotopic (exact) mass is 384 g/mol. The molecule has 4 heterocycles. The Morgan fingerprint density at radius 1 is 1.39 bits per heavy atom. The Bertz CT molecular complexity index is 927. The van der Waals surface area contributed by atoms with Crippen molar-refractivity contribution in [1.82, 2.24) is 5.32 Å². The first kappa shape index (κ1) is 17.7. The van der Waals surface area contributed by atoms with Crippen LogP contribution in [0.3, 0.4) is 0 Å². The summed E-state index contributed by atoms with van der Waals surface area (Å²) < 4.78 is 10.8. The van der Waals surface area contributed by atoms with E-state index < -0.39 is 11.0 Å². The zero-order valence-electron chi connectivity index (χ0n) is 16.2. The molecule has 2 fully saturated rings. The summed E-state index contributed by atoms with van der Waals surface area (Å²) in [5.74, 6) is 0.285. The zero-order valence-corrected chi connectivity index (χ0v) is 16.2. The lowest BCUT2D eigenvalue weighted by Gasteiger charge is -2.47. The molecule has 0 unspecified atom stereocenters. The molecule has 0 aromatic heterocycles. The van der Waals surface area contributed by atoms with Crippen molar-refractivity contribution in [1.29, 1.82) is 0 Å². The van der Waals surface area contributed by atoms with Crippen molar-refractivity contribution in [3.63, 3.8) is 0 Å². The summed E-state index contributed by atoms with van der Waals surface area (Å²) in [4.78, 5) is 27.4. The lowest BCUT2D eigenvalue weighted by Crippen LogP contribution is -2.64. The van der Waals surface area contributed by atoms with E-state index in [9.17, 15) is 14.7 Å². The molecular formula is C21H24N2O5. The smallest absolute Gasteiger partial charge is 0.239 e. The van der Waals surface area contributed by atoms with Crippen molar-refractivity contribution in [2.75, 3.05) is 25.7 Å². The predicted octanol–water partition coefficient (Wildman–Crippen LogP) is 0.894. The molecule has 148 valence electrons. The Labute approximate surface area is 163 Å². The molecule has 0 saturated carbocycles. The van der Waals surface area contributed by atoms with Crippen LogP contribution in [0.15, 0.2) is 30.0 Å². The molecule has 0 aliphatic carbocycles. The molecule has 0 radical (unpaired) electrons. The van der Waals surface area contributed by atoms with Crippen molar-refractivity contribution >= 4 is 17.4 Å². The molecule has 5 atom stereocenters. The van der Waals surface area contributed by atoms with E-state index in [1.54, 1.807) is 19.1 Å². The van der Waals surface area contributed by atoms with Gasteiger partial charge in [0.15, 0.2) is 5.78 Å². The van der Waals surface area contributed by atoms with Gasteiger partial charge in [0.05, 0.1) is 24.5 Å². The third kappa shape index (κ3) is 1.96. The average molecular weight is 384 g/mol. The number of ether oxygens (including phenoxy) is 2. The second kappa shape index (κ2) is 5.58. The maximum absolute atomic E-state index is 13.5. The Balaban J connectivity index is 1.63. The highest BCUT2D eigenvalue weighted by molar-refractivity contribution is 6.09. The average Bonchev–Trinajstić information content (AvgIpc) is 3.13. The van der Waals surface area contributed by atoms with Gasteiger partial charge in [-0.15, -0.1) is 0 Å². The number of amides is 1. The molecule has 1 amide bonds. The number of ketones is 1. The standard InChI is InChI=1S/C21H24N2O5/c1-11(24)13-9-28-10-21(26)15(13)7-17-20(8-18(21)22-17)14-5-4-12(27-3)6-16(14)23(2)19(20)25/h4-6,9,15,17-18,22,26H,7-8,10H2,1-3H3/t15-,17-,18-,20-,21-/m0/s1. The van der Waals surface area contributed by atoms with E-state index >= 15 is 0 Å². The molecule has 5 rings (SSSR count). The van der Waals surface area contributed by atoms with Crippen molar-refractivity contribution in [2.45, 2.75) is 42.9 Å². The van der Waals surface area contributed by atoms with Gasteiger partial charge in [0.1, 0.15) is 18.0 Å². The van der Waals surface area contributed by atoms with E-state index in [4.69, 9.17) is 9.47 Å². The number of piperidine rings is 1. The highest BCUT2D eigenvalue weighted by Gasteiger charge is 2.68. The number of nitrogens with one attached hydrogen (secondary N) is 1. The second-order valence-corrected chi connectivity index (χ2v) is 8.41. The number of likely N-dealkylation sites (N-methyl/N-ethyl adjacent to an activating group) is 1. The lowest BCUT2D eigenvalue weighted by atomic mass is 9.70. The van der Waals surface area contributed by atoms with Crippen LogP contribution in [0.2, 0.25) is 0 Å². The Morgan fingerprint density at radius 3 is 2.89 bits per heavy atom. The van der Waals surface area contributed by atoms with Crippen molar-refractivity contribution < 1.29 is 24.2 Å². The predicted molar refractivity (Wildman–Crippen MR) is 101 cm³/mol. The molecule has 28 heavy (non-hydrogen) atoms. The molecule has 7 nitrogen and oxygen atoms in total. The fourth-order valence-electron chi connectivity index (χ4n) is 5.81. The number of hydrogen-bond donors (Lipinski definition) is 2. The van der Waals surface area contributed by atoms with Crippen molar-refractivity contribution in [2.24, 2.45) is 5.92 Å². The van der Waals surface area contributed by atoms with Gasteiger partial charge in [-0.25, -0.2) is 0 Å². The largest absolute Gasteiger partial charge is 0.498 e. The van der Waals surface area contributed by atoms with E-state index in [0.717, 1.165) is 11.3 Å². The summed E-state index contributed by atoms with van der Waals surface area (Å²) in [6.07, 6.45) is 2.47. The van der Waals surface area contributed by atoms with Crippen LogP contribution in [0.4, 0.5) is 5.69 Å². The van der Waals surface area contributed by atoms with Crippen LogP contribution >= 0.6 is 0 Å². The van der Waals surface area contributed by atoms with E-state index in [0.29, 0.717) is 24.2 Å². The highest BCUT2D eigenvalue weighted by Crippen LogP contribution is 2.57. The summed E-state index contributed by atoms with van der Waals surface area (Å²) in [6, 6.07) is 5.24. The van der Waals surface area contributed by atoms with Crippen LogP contribution in [0.25, 0.3) is 0 Å². The highest BCUT2D eigenvalue weighted by atomic mass is 16.5.